The smallest absolute Gasteiger partial charge is 0.404 e. The Hall–Kier alpha value is -1.14. The van der Waals surface area contributed by atoms with E-state index in [-0.39, 0.29) is 6.61 Å². The van der Waals surface area contributed by atoms with Crippen molar-refractivity contribution in [1.29, 1.82) is 0 Å². The normalized spacial score (nSPS) is 12.4. The van der Waals surface area contributed by atoms with Gasteiger partial charge in [-0.25, -0.2) is 9.78 Å². The molecule has 72 valence electrons. The minimum absolute atomic E-state index is 0.218. The van der Waals surface area contributed by atoms with Crippen LogP contribution >= 0.6 is 11.3 Å². The molecule has 1 aromatic rings. The van der Waals surface area contributed by atoms with E-state index in [1.807, 2.05) is 5.38 Å². The van der Waals surface area contributed by atoms with Gasteiger partial charge >= 0.3 is 6.09 Å². The van der Waals surface area contributed by atoms with Gasteiger partial charge < -0.3 is 15.5 Å². The molecule has 0 aromatic carbocycles. The Bertz CT molecular complexity index is 263. The molecule has 0 aliphatic carbocycles. The number of hydrogen-bond donors (Lipinski definition) is 3. The van der Waals surface area contributed by atoms with E-state index in [0.29, 0.717) is 6.42 Å². The molecule has 0 aliphatic heterocycles. The molecule has 0 aliphatic rings. The second kappa shape index (κ2) is 4.78. The van der Waals surface area contributed by atoms with Crippen molar-refractivity contribution >= 4 is 17.4 Å². The van der Waals surface area contributed by atoms with Crippen molar-refractivity contribution in [2.45, 2.75) is 12.5 Å². The van der Waals surface area contributed by atoms with Crippen LogP contribution in [0.1, 0.15) is 5.69 Å². The Balaban J connectivity index is 2.45. The Morgan fingerprint density at radius 2 is 2.54 bits per heavy atom. The van der Waals surface area contributed by atoms with E-state index in [1.54, 1.807) is 5.51 Å². The van der Waals surface area contributed by atoms with Gasteiger partial charge in [-0.1, -0.05) is 0 Å². The molecule has 0 unspecified atom stereocenters. The Kier molecular flexibility index (Phi) is 3.66. The first kappa shape index (κ1) is 9.94. The summed E-state index contributed by atoms with van der Waals surface area (Å²) in [6, 6.07) is -0.473. The van der Waals surface area contributed by atoms with Crippen LogP contribution < -0.4 is 5.32 Å². The maximum Gasteiger partial charge on any atom is 0.404 e. The van der Waals surface area contributed by atoms with Crippen molar-refractivity contribution in [1.82, 2.24) is 10.3 Å². The first-order chi connectivity index (χ1) is 6.22. The lowest BCUT2D eigenvalue weighted by atomic mass is 10.2. The summed E-state index contributed by atoms with van der Waals surface area (Å²) in [7, 11) is 0. The van der Waals surface area contributed by atoms with Crippen molar-refractivity contribution in [2.75, 3.05) is 6.61 Å². The van der Waals surface area contributed by atoms with Crippen molar-refractivity contribution < 1.29 is 15.0 Å². The fourth-order valence-corrected chi connectivity index (χ4v) is 1.50. The third-order valence-corrected chi connectivity index (χ3v) is 2.12. The molecule has 0 fully saturated rings. The highest BCUT2D eigenvalue weighted by atomic mass is 32.1. The lowest BCUT2D eigenvalue weighted by Crippen LogP contribution is -2.38. The SMILES string of the molecule is O=C(O)N[C@@H](CO)Cc1cscn1. The Labute approximate surface area is 79.1 Å². The summed E-state index contributed by atoms with van der Waals surface area (Å²) >= 11 is 1.44. The number of aliphatic hydroxyl groups is 1. The van der Waals surface area contributed by atoms with Gasteiger partial charge in [-0.15, -0.1) is 11.3 Å². The molecular formula is C7H10N2O3S. The number of aliphatic hydroxyl groups excluding tert-OH is 1. The van der Waals surface area contributed by atoms with Gasteiger partial charge in [0.1, 0.15) is 0 Å². The molecule has 1 atom stereocenters. The maximum atomic E-state index is 10.3. The monoisotopic (exact) mass is 202 g/mol. The zero-order valence-electron chi connectivity index (χ0n) is 6.80. The lowest BCUT2D eigenvalue weighted by molar-refractivity contribution is 0.177. The van der Waals surface area contributed by atoms with E-state index in [1.165, 1.54) is 11.3 Å². The second-order valence-electron chi connectivity index (χ2n) is 2.51. The lowest BCUT2D eigenvalue weighted by Gasteiger charge is -2.11. The molecule has 0 radical (unpaired) electrons. The molecule has 0 saturated carbocycles. The summed E-state index contributed by atoms with van der Waals surface area (Å²) in [5.74, 6) is 0. The van der Waals surface area contributed by atoms with Gasteiger partial charge in [0.25, 0.3) is 0 Å². The van der Waals surface area contributed by atoms with Gasteiger partial charge in [0.05, 0.1) is 23.9 Å². The highest BCUT2D eigenvalue weighted by Gasteiger charge is 2.11. The fourth-order valence-electron chi connectivity index (χ4n) is 0.927. The molecule has 1 amide bonds. The van der Waals surface area contributed by atoms with Crippen LogP contribution in [0.15, 0.2) is 10.9 Å². The molecule has 0 saturated heterocycles. The number of hydrogen-bond acceptors (Lipinski definition) is 4. The standard InChI is InChI=1S/C7H10N2O3S/c10-2-5(9-7(11)12)1-6-3-13-4-8-6/h3-5,9-10H,1-2H2,(H,11,12)/t5-/m1/s1. The number of nitrogens with one attached hydrogen (secondary N) is 1. The van der Waals surface area contributed by atoms with Crippen molar-refractivity contribution in [2.24, 2.45) is 0 Å². The number of amides is 1. The number of thiazole rings is 1. The number of nitrogens with zero attached hydrogens (tertiary/aromatic N) is 1. The molecule has 13 heavy (non-hydrogen) atoms. The zero-order valence-corrected chi connectivity index (χ0v) is 7.62. The number of rotatable bonds is 4. The van der Waals surface area contributed by atoms with E-state index in [9.17, 15) is 4.79 Å². The molecule has 1 rings (SSSR count). The van der Waals surface area contributed by atoms with Crippen LogP contribution in [0.25, 0.3) is 0 Å². The predicted molar refractivity (Wildman–Crippen MR) is 47.9 cm³/mol. The minimum atomic E-state index is -1.13. The summed E-state index contributed by atoms with van der Waals surface area (Å²) in [6.07, 6.45) is -0.707. The molecule has 5 nitrogen and oxygen atoms in total. The van der Waals surface area contributed by atoms with E-state index < -0.39 is 12.1 Å². The Morgan fingerprint density at radius 3 is 3.00 bits per heavy atom. The topological polar surface area (TPSA) is 82.5 Å². The number of carbonyl (C=O) groups is 1. The highest BCUT2D eigenvalue weighted by Crippen LogP contribution is 2.04. The van der Waals surface area contributed by atoms with Gasteiger partial charge in [0.15, 0.2) is 0 Å². The first-order valence-electron chi connectivity index (χ1n) is 3.69. The molecule has 0 bridgehead atoms. The van der Waals surface area contributed by atoms with Gasteiger partial charge in [-0.05, 0) is 0 Å². The van der Waals surface area contributed by atoms with E-state index >= 15 is 0 Å². The van der Waals surface area contributed by atoms with Gasteiger partial charge in [0, 0.05) is 11.8 Å². The molecule has 3 N–H and O–H groups in total. The number of carboxylic acid groups (broad SMARTS) is 1. The molecule has 1 aromatic heterocycles. The van der Waals surface area contributed by atoms with Crippen LogP contribution in [0, 0.1) is 0 Å². The molecule has 0 spiro atoms. The highest BCUT2D eigenvalue weighted by molar-refractivity contribution is 7.07. The average Bonchev–Trinajstić information content (AvgIpc) is 2.55. The molecule has 6 heteroatoms. The van der Waals surface area contributed by atoms with Gasteiger partial charge in [-0.3, -0.25) is 0 Å². The van der Waals surface area contributed by atoms with E-state index in [4.69, 9.17) is 10.2 Å². The fraction of sp³-hybridized carbons (Fsp3) is 0.429. The minimum Gasteiger partial charge on any atom is -0.465 e. The summed E-state index contributed by atoms with van der Waals surface area (Å²) in [5, 5.41) is 21.3. The second-order valence-corrected chi connectivity index (χ2v) is 3.23. The zero-order chi connectivity index (χ0) is 9.68. The van der Waals surface area contributed by atoms with Crippen LogP contribution in [0.2, 0.25) is 0 Å². The van der Waals surface area contributed by atoms with Crippen LogP contribution in [0.3, 0.4) is 0 Å². The van der Waals surface area contributed by atoms with Crippen molar-refractivity contribution in [3.63, 3.8) is 0 Å². The van der Waals surface area contributed by atoms with E-state index in [2.05, 4.69) is 10.3 Å². The van der Waals surface area contributed by atoms with Crippen molar-refractivity contribution in [3.05, 3.63) is 16.6 Å². The summed E-state index contributed by atoms with van der Waals surface area (Å²) in [6.45, 7) is -0.218. The third-order valence-electron chi connectivity index (χ3n) is 1.49. The molecule has 1 heterocycles. The number of aromatic nitrogens is 1. The van der Waals surface area contributed by atoms with Crippen LogP contribution in [0.4, 0.5) is 4.79 Å². The average molecular weight is 202 g/mol. The van der Waals surface area contributed by atoms with Crippen LogP contribution in [-0.4, -0.2) is 33.9 Å². The maximum absolute atomic E-state index is 10.3. The van der Waals surface area contributed by atoms with Crippen LogP contribution in [-0.2, 0) is 6.42 Å². The van der Waals surface area contributed by atoms with Crippen LogP contribution in [0.5, 0.6) is 0 Å². The van der Waals surface area contributed by atoms with E-state index in [0.717, 1.165) is 5.69 Å². The Morgan fingerprint density at radius 1 is 1.77 bits per heavy atom. The first-order valence-corrected chi connectivity index (χ1v) is 4.64. The third kappa shape index (κ3) is 3.39. The van der Waals surface area contributed by atoms with Gasteiger partial charge in [0.2, 0.25) is 0 Å². The molecular weight excluding hydrogens is 192 g/mol. The van der Waals surface area contributed by atoms with Gasteiger partial charge in [-0.2, -0.15) is 0 Å². The van der Waals surface area contributed by atoms with Crippen molar-refractivity contribution in [3.8, 4) is 0 Å². The summed E-state index contributed by atoms with van der Waals surface area (Å²) < 4.78 is 0. The largest absolute Gasteiger partial charge is 0.465 e. The predicted octanol–water partition coefficient (Wildman–Crippen LogP) is 0.314. The quantitative estimate of drug-likeness (QED) is 0.656. The summed E-state index contributed by atoms with van der Waals surface area (Å²) in [4.78, 5) is 14.2. The summed E-state index contributed by atoms with van der Waals surface area (Å²) in [5.41, 5.74) is 2.46.